The number of carboxylic acid groups (broad SMARTS) is 1. The first kappa shape index (κ1) is 11.9. The zero-order valence-electron chi connectivity index (χ0n) is 8.12. The Bertz CT molecular complexity index is 407. The lowest BCUT2D eigenvalue weighted by atomic mass is 10.2. The third kappa shape index (κ3) is 2.67. The van der Waals surface area contributed by atoms with Gasteiger partial charge in [0.15, 0.2) is 6.04 Å². The predicted molar refractivity (Wildman–Crippen MR) is 51.9 cm³/mol. The molecular formula is C9H10N2O5. The predicted octanol–water partition coefficient (Wildman–Crippen LogP) is -1.04. The van der Waals surface area contributed by atoms with Crippen molar-refractivity contribution in [3.63, 3.8) is 0 Å². The number of nitrogens with one attached hydrogen (secondary N) is 1. The fourth-order valence-corrected chi connectivity index (χ4v) is 1.000. The molecule has 1 amide bonds. The average molecular weight is 226 g/mol. The van der Waals surface area contributed by atoms with Crippen molar-refractivity contribution in [3.05, 3.63) is 24.0 Å². The maximum absolute atomic E-state index is 11.5. The van der Waals surface area contributed by atoms with E-state index in [2.05, 4.69) is 4.98 Å². The zero-order valence-corrected chi connectivity index (χ0v) is 8.12. The molecule has 0 saturated heterocycles. The molecule has 0 unspecified atom stereocenters. The van der Waals surface area contributed by atoms with Crippen LogP contribution >= 0.6 is 0 Å². The number of amides is 1. The normalized spacial score (nSPS) is 11.8. The first-order valence-electron chi connectivity index (χ1n) is 4.33. The number of rotatable bonds is 4. The maximum atomic E-state index is 11.5. The summed E-state index contributed by atoms with van der Waals surface area (Å²) in [6.45, 7) is -0.729. The highest BCUT2D eigenvalue weighted by Crippen LogP contribution is 2.13. The van der Waals surface area contributed by atoms with Crippen molar-refractivity contribution in [2.24, 2.45) is 0 Å². The molecule has 0 fully saturated rings. The van der Waals surface area contributed by atoms with Gasteiger partial charge in [0.2, 0.25) is 0 Å². The molecule has 0 aliphatic rings. The summed E-state index contributed by atoms with van der Waals surface area (Å²) in [4.78, 5) is 25.6. The smallest absolute Gasteiger partial charge is 0.328 e. The summed E-state index contributed by atoms with van der Waals surface area (Å²) in [6, 6.07) is -0.166. The van der Waals surface area contributed by atoms with Gasteiger partial charge in [-0.3, -0.25) is 9.78 Å². The van der Waals surface area contributed by atoms with Crippen molar-refractivity contribution in [2.45, 2.75) is 6.04 Å². The lowest BCUT2D eigenvalue weighted by Crippen LogP contribution is -2.43. The Morgan fingerprint density at radius 1 is 1.50 bits per heavy atom. The molecule has 16 heavy (non-hydrogen) atoms. The first-order chi connectivity index (χ1) is 7.56. The number of aliphatic hydroxyl groups excluding tert-OH is 1. The summed E-state index contributed by atoms with van der Waals surface area (Å²) in [7, 11) is 0. The molecule has 0 aliphatic heterocycles. The number of aromatic nitrogens is 1. The van der Waals surface area contributed by atoms with Crippen LogP contribution in [0, 0.1) is 0 Å². The number of carboxylic acids is 1. The summed E-state index contributed by atoms with van der Waals surface area (Å²) in [5, 5.41) is 28.6. The number of aliphatic carboxylic acids is 1. The van der Waals surface area contributed by atoms with Gasteiger partial charge in [-0.05, 0) is 6.07 Å². The number of aromatic hydroxyl groups is 1. The molecule has 0 aliphatic carbocycles. The Morgan fingerprint density at radius 3 is 2.69 bits per heavy atom. The Morgan fingerprint density at radius 2 is 2.19 bits per heavy atom. The fourth-order valence-electron chi connectivity index (χ4n) is 1.000. The number of nitrogens with zero attached hydrogens (tertiary/aromatic N) is 1. The van der Waals surface area contributed by atoms with Crippen LogP contribution in [0.25, 0.3) is 0 Å². The molecule has 0 saturated carbocycles. The van der Waals surface area contributed by atoms with E-state index >= 15 is 0 Å². The van der Waals surface area contributed by atoms with Crippen molar-refractivity contribution in [3.8, 4) is 5.75 Å². The fraction of sp³-hybridized carbons (Fsp3) is 0.222. The molecule has 4 N–H and O–H groups in total. The number of carbonyl (C=O) groups excluding carboxylic acids is 1. The number of carbonyl (C=O) groups is 2. The third-order valence-corrected chi connectivity index (χ3v) is 1.83. The van der Waals surface area contributed by atoms with Crippen molar-refractivity contribution in [2.75, 3.05) is 6.61 Å². The Kier molecular flexibility index (Phi) is 3.78. The molecule has 1 atom stereocenters. The highest BCUT2D eigenvalue weighted by molar-refractivity contribution is 5.98. The Balaban J connectivity index is 2.80. The van der Waals surface area contributed by atoms with Gasteiger partial charge in [-0.1, -0.05) is 0 Å². The maximum Gasteiger partial charge on any atom is 0.328 e. The second-order valence-electron chi connectivity index (χ2n) is 2.94. The van der Waals surface area contributed by atoms with Gasteiger partial charge in [0.05, 0.1) is 18.4 Å². The van der Waals surface area contributed by atoms with E-state index in [1.165, 1.54) is 12.3 Å². The molecule has 0 aromatic carbocycles. The molecule has 86 valence electrons. The minimum Gasteiger partial charge on any atom is -0.505 e. The van der Waals surface area contributed by atoms with E-state index in [1.807, 2.05) is 5.32 Å². The molecule has 1 aromatic heterocycles. The van der Waals surface area contributed by atoms with E-state index in [4.69, 9.17) is 10.2 Å². The summed E-state index contributed by atoms with van der Waals surface area (Å²) in [5.74, 6) is -2.51. The highest BCUT2D eigenvalue weighted by Gasteiger charge is 2.20. The zero-order chi connectivity index (χ0) is 12.1. The second kappa shape index (κ2) is 5.08. The molecule has 1 heterocycles. The first-order valence-corrected chi connectivity index (χ1v) is 4.33. The Labute approximate surface area is 90.4 Å². The highest BCUT2D eigenvalue weighted by atomic mass is 16.4. The second-order valence-corrected chi connectivity index (χ2v) is 2.94. The van der Waals surface area contributed by atoms with Crippen LogP contribution in [-0.4, -0.2) is 44.8 Å². The lowest BCUT2D eigenvalue weighted by Gasteiger charge is -2.11. The van der Waals surface area contributed by atoms with Crippen LogP contribution in [0.1, 0.15) is 10.4 Å². The van der Waals surface area contributed by atoms with E-state index in [0.717, 1.165) is 6.20 Å². The number of aliphatic hydroxyl groups is 1. The van der Waals surface area contributed by atoms with Crippen LogP contribution in [0.3, 0.4) is 0 Å². The van der Waals surface area contributed by atoms with Crippen LogP contribution in [0.2, 0.25) is 0 Å². The molecule has 7 nitrogen and oxygen atoms in total. The van der Waals surface area contributed by atoms with Crippen LogP contribution < -0.4 is 5.32 Å². The SMILES string of the molecule is O=C(N[C@H](CO)C(=O)O)c1ccncc1O. The van der Waals surface area contributed by atoms with Crippen LogP contribution in [0.15, 0.2) is 18.5 Å². The minimum atomic E-state index is -1.40. The van der Waals surface area contributed by atoms with Gasteiger partial charge in [0.25, 0.3) is 5.91 Å². The largest absolute Gasteiger partial charge is 0.505 e. The van der Waals surface area contributed by atoms with Crippen LogP contribution in [0.4, 0.5) is 0 Å². The van der Waals surface area contributed by atoms with E-state index in [9.17, 15) is 14.7 Å². The molecular weight excluding hydrogens is 216 g/mol. The van der Waals surface area contributed by atoms with Gasteiger partial charge in [0.1, 0.15) is 5.75 Å². The minimum absolute atomic E-state index is 0.102. The quantitative estimate of drug-likeness (QED) is 0.520. The number of pyridine rings is 1. The van der Waals surface area contributed by atoms with Gasteiger partial charge in [0, 0.05) is 6.20 Å². The van der Waals surface area contributed by atoms with Crippen molar-refractivity contribution >= 4 is 11.9 Å². The van der Waals surface area contributed by atoms with E-state index < -0.39 is 24.5 Å². The van der Waals surface area contributed by atoms with Crippen molar-refractivity contribution in [1.29, 1.82) is 0 Å². The monoisotopic (exact) mass is 226 g/mol. The van der Waals surface area contributed by atoms with E-state index in [1.54, 1.807) is 0 Å². The average Bonchev–Trinajstić information content (AvgIpc) is 2.25. The molecule has 0 radical (unpaired) electrons. The molecule has 1 aromatic rings. The standard InChI is InChI=1S/C9H10N2O5/c12-4-6(9(15)16)11-8(14)5-1-2-10-3-7(5)13/h1-3,6,12-13H,4H2,(H,11,14)(H,15,16)/t6-/m1/s1. The topological polar surface area (TPSA) is 120 Å². The Hall–Kier alpha value is -2.15. The lowest BCUT2D eigenvalue weighted by molar-refractivity contribution is -0.140. The number of hydrogen-bond acceptors (Lipinski definition) is 5. The van der Waals surface area contributed by atoms with Crippen molar-refractivity contribution in [1.82, 2.24) is 10.3 Å². The summed E-state index contributed by atoms with van der Waals surface area (Å²) in [5.41, 5.74) is -0.102. The summed E-state index contributed by atoms with van der Waals surface area (Å²) < 4.78 is 0. The van der Waals surface area contributed by atoms with Gasteiger partial charge in [-0.25, -0.2) is 4.79 Å². The summed E-state index contributed by atoms with van der Waals surface area (Å²) >= 11 is 0. The molecule has 0 bridgehead atoms. The molecule has 0 spiro atoms. The van der Waals surface area contributed by atoms with Gasteiger partial charge < -0.3 is 20.6 Å². The van der Waals surface area contributed by atoms with Gasteiger partial charge >= 0.3 is 5.97 Å². The van der Waals surface area contributed by atoms with Crippen LogP contribution in [0.5, 0.6) is 5.75 Å². The van der Waals surface area contributed by atoms with Crippen molar-refractivity contribution < 1.29 is 24.9 Å². The van der Waals surface area contributed by atoms with Gasteiger partial charge in [-0.15, -0.1) is 0 Å². The summed E-state index contributed by atoms with van der Waals surface area (Å²) in [6.07, 6.45) is 2.34. The van der Waals surface area contributed by atoms with E-state index in [-0.39, 0.29) is 11.3 Å². The molecule has 1 rings (SSSR count). The number of hydrogen-bond donors (Lipinski definition) is 4. The van der Waals surface area contributed by atoms with Crippen LogP contribution in [-0.2, 0) is 4.79 Å². The third-order valence-electron chi connectivity index (χ3n) is 1.83. The molecule has 7 heteroatoms. The van der Waals surface area contributed by atoms with Gasteiger partial charge in [-0.2, -0.15) is 0 Å². The van der Waals surface area contributed by atoms with E-state index in [0.29, 0.717) is 0 Å².